The normalized spacial score (nSPS) is 17.4. The zero-order valence-corrected chi connectivity index (χ0v) is 16.8. The van der Waals surface area contributed by atoms with E-state index in [4.69, 9.17) is 14.2 Å². The van der Waals surface area contributed by atoms with Gasteiger partial charge in [0.15, 0.2) is 6.10 Å². The summed E-state index contributed by atoms with van der Waals surface area (Å²) >= 11 is 0. The molecule has 2 aromatic rings. The molecule has 2 aromatic carbocycles. The third-order valence-corrected chi connectivity index (χ3v) is 4.79. The molecule has 0 aromatic heterocycles. The summed E-state index contributed by atoms with van der Waals surface area (Å²) in [7, 11) is 0. The van der Waals surface area contributed by atoms with Gasteiger partial charge in [-0.3, -0.25) is 4.79 Å². The van der Waals surface area contributed by atoms with Crippen molar-refractivity contribution in [3.63, 3.8) is 0 Å². The van der Waals surface area contributed by atoms with Gasteiger partial charge >= 0.3 is 0 Å². The lowest BCUT2D eigenvalue weighted by atomic mass is 10.0. The van der Waals surface area contributed by atoms with Crippen LogP contribution in [0.1, 0.15) is 45.1 Å². The molecule has 5 heteroatoms. The highest BCUT2D eigenvalue weighted by Gasteiger charge is 2.17. The minimum absolute atomic E-state index is 0.161. The topological polar surface area (TPSA) is 56.8 Å². The predicted octanol–water partition coefficient (Wildman–Crippen LogP) is 4.77. The van der Waals surface area contributed by atoms with Crippen LogP contribution in [0, 0.1) is 0 Å². The average molecular weight is 383 g/mol. The molecule has 3 rings (SSSR count). The fourth-order valence-electron chi connectivity index (χ4n) is 3.06. The third-order valence-electron chi connectivity index (χ3n) is 4.79. The van der Waals surface area contributed by atoms with Crippen LogP contribution in [0.2, 0.25) is 0 Å². The summed E-state index contributed by atoms with van der Waals surface area (Å²) in [5.74, 6) is 1.65. The van der Waals surface area contributed by atoms with Gasteiger partial charge in [-0.05, 0) is 55.5 Å². The zero-order valence-electron chi connectivity index (χ0n) is 16.8. The van der Waals surface area contributed by atoms with Crippen LogP contribution in [-0.4, -0.2) is 31.3 Å². The Bertz CT molecular complexity index is 766. The van der Waals surface area contributed by atoms with Crippen LogP contribution in [0.25, 0.3) is 0 Å². The number of benzene rings is 2. The molecule has 28 heavy (non-hydrogen) atoms. The molecule has 0 unspecified atom stereocenters. The molecule has 0 saturated carbocycles. The van der Waals surface area contributed by atoms with E-state index in [2.05, 4.69) is 19.2 Å². The van der Waals surface area contributed by atoms with Crippen LogP contribution in [0.4, 0.5) is 5.69 Å². The molecule has 1 aliphatic heterocycles. The molecule has 0 aliphatic carbocycles. The summed E-state index contributed by atoms with van der Waals surface area (Å²) in [4.78, 5) is 12.5. The Morgan fingerprint density at radius 3 is 2.61 bits per heavy atom. The minimum Gasteiger partial charge on any atom is -0.491 e. The number of hydrogen-bond donors (Lipinski definition) is 1. The van der Waals surface area contributed by atoms with Crippen LogP contribution in [0.5, 0.6) is 11.5 Å². The van der Waals surface area contributed by atoms with Crippen molar-refractivity contribution in [1.29, 1.82) is 0 Å². The van der Waals surface area contributed by atoms with Crippen LogP contribution >= 0.6 is 0 Å². The summed E-state index contributed by atoms with van der Waals surface area (Å²) in [6, 6.07) is 15.2. The number of nitrogens with one attached hydrogen (secondary N) is 1. The van der Waals surface area contributed by atoms with Crippen LogP contribution < -0.4 is 14.8 Å². The van der Waals surface area contributed by atoms with Crippen molar-refractivity contribution in [1.82, 2.24) is 0 Å². The van der Waals surface area contributed by atoms with E-state index >= 15 is 0 Å². The lowest BCUT2D eigenvalue weighted by molar-refractivity contribution is -0.122. The molecular weight excluding hydrogens is 354 g/mol. The van der Waals surface area contributed by atoms with Gasteiger partial charge in [0, 0.05) is 18.4 Å². The summed E-state index contributed by atoms with van der Waals surface area (Å²) in [5.41, 5.74) is 1.92. The number of carbonyl (C=O) groups excluding carboxylic acids is 1. The van der Waals surface area contributed by atoms with Crippen molar-refractivity contribution in [2.24, 2.45) is 0 Å². The van der Waals surface area contributed by atoms with E-state index in [9.17, 15) is 4.79 Å². The van der Waals surface area contributed by atoms with Gasteiger partial charge < -0.3 is 19.5 Å². The van der Waals surface area contributed by atoms with E-state index in [1.54, 1.807) is 6.92 Å². The fraction of sp³-hybridized carbons (Fsp3) is 0.435. The fourth-order valence-corrected chi connectivity index (χ4v) is 3.06. The van der Waals surface area contributed by atoms with Gasteiger partial charge in [0.25, 0.3) is 5.91 Å². The highest BCUT2D eigenvalue weighted by Crippen LogP contribution is 2.22. The molecule has 5 nitrogen and oxygen atoms in total. The first kappa shape index (κ1) is 20.2. The number of carbonyl (C=O) groups is 1. The van der Waals surface area contributed by atoms with E-state index in [-0.39, 0.29) is 12.0 Å². The molecule has 1 saturated heterocycles. The molecule has 0 spiro atoms. The number of hydrogen-bond acceptors (Lipinski definition) is 4. The molecule has 150 valence electrons. The first-order valence-electron chi connectivity index (χ1n) is 9.93. The summed E-state index contributed by atoms with van der Waals surface area (Å²) in [5, 5.41) is 2.88. The van der Waals surface area contributed by atoms with Gasteiger partial charge in [0.05, 0.1) is 6.10 Å². The quantitative estimate of drug-likeness (QED) is 0.713. The Morgan fingerprint density at radius 2 is 1.93 bits per heavy atom. The Morgan fingerprint density at radius 1 is 1.14 bits per heavy atom. The maximum Gasteiger partial charge on any atom is 0.265 e. The van der Waals surface area contributed by atoms with Crippen LogP contribution in [0.3, 0.4) is 0 Å². The molecule has 1 fully saturated rings. The van der Waals surface area contributed by atoms with Gasteiger partial charge in [0.1, 0.15) is 18.1 Å². The summed E-state index contributed by atoms with van der Waals surface area (Å²) < 4.78 is 17.1. The number of anilines is 1. The molecule has 1 aliphatic rings. The minimum atomic E-state index is -0.610. The number of amides is 1. The van der Waals surface area contributed by atoms with E-state index < -0.39 is 6.10 Å². The largest absolute Gasteiger partial charge is 0.491 e. The molecular formula is C23H29NO4. The third kappa shape index (κ3) is 5.73. The highest BCUT2D eigenvalue weighted by molar-refractivity contribution is 5.94. The van der Waals surface area contributed by atoms with Crippen molar-refractivity contribution in [2.45, 2.75) is 51.7 Å². The Kier molecular flexibility index (Phi) is 6.93. The SMILES string of the molecule is CC(C)c1ccc(O[C@@H](C)C(=O)Nc2cccc(OC[C@H]3CCCO3)c2)cc1. The molecule has 1 N–H and O–H groups in total. The van der Waals surface area contributed by atoms with Gasteiger partial charge in [-0.1, -0.05) is 32.0 Å². The Balaban J connectivity index is 1.52. The number of rotatable bonds is 8. The van der Waals surface area contributed by atoms with Crippen molar-refractivity contribution in [3.05, 3.63) is 54.1 Å². The zero-order chi connectivity index (χ0) is 19.9. The summed E-state index contributed by atoms with van der Waals surface area (Å²) in [6.45, 7) is 7.37. The lowest BCUT2D eigenvalue weighted by Gasteiger charge is -2.16. The molecule has 0 bridgehead atoms. The van der Waals surface area contributed by atoms with Gasteiger partial charge in [-0.2, -0.15) is 0 Å². The predicted molar refractivity (Wildman–Crippen MR) is 110 cm³/mol. The van der Waals surface area contributed by atoms with Crippen LogP contribution in [-0.2, 0) is 9.53 Å². The average Bonchev–Trinajstić information content (AvgIpc) is 3.20. The van der Waals surface area contributed by atoms with E-state index in [0.717, 1.165) is 19.4 Å². The van der Waals surface area contributed by atoms with Crippen molar-refractivity contribution < 1.29 is 19.0 Å². The van der Waals surface area contributed by atoms with Crippen molar-refractivity contribution >= 4 is 11.6 Å². The van der Waals surface area contributed by atoms with Gasteiger partial charge in [-0.15, -0.1) is 0 Å². The van der Waals surface area contributed by atoms with E-state index in [1.165, 1.54) is 5.56 Å². The van der Waals surface area contributed by atoms with Gasteiger partial charge in [-0.25, -0.2) is 0 Å². The molecule has 0 radical (unpaired) electrons. The standard InChI is InChI=1S/C23H29NO4/c1-16(2)18-9-11-20(12-10-18)28-17(3)23(25)24-19-6-4-7-21(14-19)27-15-22-8-5-13-26-22/h4,6-7,9-12,14,16-17,22H,5,8,13,15H2,1-3H3,(H,24,25)/t17-,22+/m0/s1. The molecule has 1 amide bonds. The Hall–Kier alpha value is -2.53. The van der Waals surface area contributed by atoms with E-state index in [1.807, 2.05) is 48.5 Å². The highest BCUT2D eigenvalue weighted by atomic mass is 16.5. The molecule has 2 atom stereocenters. The second kappa shape index (κ2) is 9.60. The van der Waals surface area contributed by atoms with Crippen molar-refractivity contribution in [2.75, 3.05) is 18.5 Å². The van der Waals surface area contributed by atoms with Crippen LogP contribution in [0.15, 0.2) is 48.5 Å². The monoisotopic (exact) mass is 383 g/mol. The maximum atomic E-state index is 12.5. The molecule has 1 heterocycles. The first-order valence-corrected chi connectivity index (χ1v) is 9.93. The lowest BCUT2D eigenvalue weighted by Crippen LogP contribution is -2.30. The second-order valence-corrected chi connectivity index (χ2v) is 7.45. The smallest absolute Gasteiger partial charge is 0.265 e. The van der Waals surface area contributed by atoms with Crippen molar-refractivity contribution in [3.8, 4) is 11.5 Å². The number of ether oxygens (including phenoxy) is 3. The summed E-state index contributed by atoms with van der Waals surface area (Å²) in [6.07, 6.45) is 1.67. The first-order chi connectivity index (χ1) is 13.5. The Labute approximate surface area is 167 Å². The van der Waals surface area contributed by atoms with E-state index in [0.29, 0.717) is 29.7 Å². The van der Waals surface area contributed by atoms with Gasteiger partial charge in [0.2, 0.25) is 0 Å². The second-order valence-electron chi connectivity index (χ2n) is 7.45. The maximum absolute atomic E-state index is 12.5.